The van der Waals surface area contributed by atoms with Gasteiger partial charge in [0.15, 0.2) is 0 Å². The lowest BCUT2D eigenvalue weighted by Gasteiger charge is -2.26. The van der Waals surface area contributed by atoms with E-state index in [2.05, 4.69) is 18.7 Å². The fraction of sp³-hybridized carbons (Fsp3) is 0.917. The second kappa shape index (κ2) is 10.9. The van der Waals surface area contributed by atoms with Gasteiger partial charge in [-0.25, -0.2) is 0 Å². The van der Waals surface area contributed by atoms with Gasteiger partial charge in [-0.3, -0.25) is 0 Å². The van der Waals surface area contributed by atoms with Crippen molar-refractivity contribution in [3.63, 3.8) is 0 Å². The lowest BCUT2D eigenvalue weighted by molar-refractivity contribution is 0.0637. The molecule has 0 bridgehead atoms. The molecule has 0 amide bonds. The van der Waals surface area contributed by atoms with E-state index < -0.39 is 0 Å². The van der Waals surface area contributed by atoms with Gasteiger partial charge in [0.25, 0.3) is 0 Å². The molecule has 0 unspecified atom stereocenters. The van der Waals surface area contributed by atoms with Gasteiger partial charge in [0, 0.05) is 39.3 Å². The molecule has 0 saturated heterocycles. The van der Waals surface area contributed by atoms with Crippen LogP contribution >= 0.6 is 12.2 Å². The van der Waals surface area contributed by atoms with E-state index in [9.17, 15) is 0 Å². The molecular formula is C12H26N2O2S. The van der Waals surface area contributed by atoms with E-state index in [4.69, 9.17) is 27.4 Å². The third-order valence-electron chi connectivity index (χ3n) is 2.54. The molecule has 0 rings (SSSR count). The highest BCUT2D eigenvalue weighted by Gasteiger charge is 2.08. The lowest BCUT2D eigenvalue weighted by atomic mass is 10.2. The summed E-state index contributed by atoms with van der Waals surface area (Å²) in [5, 5.41) is 0. The van der Waals surface area contributed by atoms with Crippen LogP contribution in [0, 0.1) is 0 Å². The Balaban J connectivity index is 3.59. The van der Waals surface area contributed by atoms with E-state index in [0.29, 0.717) is 24.2 Å². The summed E-state index contributed by atoms with van der Waals surface area (Å²) in [7, 11) is 1.68. The standard InChI is InChI=1S/C12H26N2O2S/c1-11(2)14(7-5-12(13)17)6-4-8-16-10-9-15-3/h11H,4-10H2,1-3H3,(H2,13,17). The molecule has 17 heavy (non-hydrogen) atoms. The molecule has 0 aliphatic rings. The fourth-order valence-electron chi connectivity index (χ4n) is 1.50. The maximum Gasteiger partial charge on any atom is 0.0740 e. The first-order chi connectivity index (χ1) is 8.07. The number of methoxy groups -OCH3 is 1. The van der Waals surface area contributed by atoms with Gasteiger partial charge >= 0.3 is 0 Å². The van der Waals surface area contributed by atoms with Crippen molar-refractivity contribution in [1.82, 2.24) is 4.90 Å². The average Bonchev–Trinajstić information content (AvgIpc) is 2.26. The number of hydrogen-bond donors (Lipinski definition) is 1. The topological polar surface area (TPSA) is 47.7 Å². The number of nitrogens with zero attached hydrogens (tertiary/aromatic N) is 1. The second-order valence-electron chi connectivity index (χ2n) is 4.30. The Kier molecular flexibility index (Phi) is 10.7. The first-order valence-corrected chi connectivity index (χ1v) is 6.57. The van der Waals surface area contributed by atoms with Gasteiger partial charge in [-0.15, -0.1) is 0 Å². The van der Waals surface area contributed by atoms with Gasteiger partial charge in [-0.2, -0.15) is 0 Å². The lowest BCUT2D eigenvalue weighted by Crippen LogP contribution is -2.35. The zero-order chi connectivity index (χ0) is 13.1. The molecule has 0 aliphatic carbocycles. The zero-order valence-electron chi connectivity index (χ0n) is 11.3. The molecule has 4 nitrogen and oxygen atoms in total. The number of nitrogens with two attached hydrogens (primary N) is 1. The Morgan fingerprint density at radius 2 is 1.94 bits per heavy atom. The van der Waals surface area contributed by atoms with Crippen LogP contribution in [-0.2, 0) is 9.47 Å². The van der Waals surface area contributed by atoms with Crippen molar-refractivity contribution in [1.29, 1.82) is 0 Å². The van der Waals surface area contributed by atoms with E-state index in [1.807, 2.05) is 0 Å². The summed E-state index contributed by atoms with van der Waals surface area (Å²) in [4.78, 5) is 2.96. The molecule has 0 radical (unpaired) electrons. The van der Waals surface area contributed by atoms with Gasteiger partial charge < -0.3 is 20.1 Å². The third kappa shape index (κ3) is 10.6. The largest absolute Gasteiger partial charge is 0.393 e. The van der Waals surface area contributed by atoms with Crippen molar-refractivity contribution in [2.45, 2.75) is 32.7 Å². The zero-order valence-corrected chi connectivity index (χ0v) is 12.1. The summed E-state index contributed by atoms with van der Waals surface area (Å²) in [6.45, 7) is 8.44. The Morgan fingerprint density at radius 1 is 1.24 bits per heavy atom. The van der Waals surface area contributed by atoms with Gasteiger partial charge in [0.05, 0.1) is 18.2 Å². The van der Waals surface area contributed by atoms with E-state index in [0.717, 1.165) is 32.5 Å². The summed E-state index contributed by atoms with van der Waals surface area (Å²) >= 11 is 4.90. The second-order valence-corrected chi connectivity index (χ2v) is 4.83. The van der Waals surface area contributed by atoms with Gasteiger partial charge in [0.1, 0.15) is 0 Å². The Bertz CT molecular complexity index is 201. The SMILES string of the molecule is COCCOCCCN(CCC(N)=S)C(C)C. The predicted molar refractivity (Wildman–Crippen MR) is 75.4 cm³/mol. The van der Waals surface area contributed by atoms with Crippen molar-refractivity contribution in [3.05, 3.63) is 0 Å². The Morgan fingerprint density at radius 3 is 2.47 bits per heavy atom. The highest BCUT2D eigenvalue weighted by Crippen LogP contribution is 2.01. The summed E-state index contributed by atoms with van der Waals surface area (Å²) in [6.07, 6.45) is 1.82. The quantitative estimate of drug-likeness (QED) is 0.451. The molecule has 0 saturated carbocycles. The van der Waals surface area contributed by atoms with Crippen molar-refractivity contribution in [2.24, 2.45) is 5.73 Å². The summed E-state index contributed by atoms with van der Waals surface area (Å²) < 4.78 is 10.3. The number of hydrogen-bond acceptors (Lipinski definition) is 4. The first kappa shape index (κ1) is 16.8. The van der Waals surface area contributed by atoms with Crippen LogP contribution < -0.4 is 5.73 Å². The van der Waals surface area contributed by atoms with Crippen molar-refractivity contribution in [3.8, 4) is 0 Å². The van der Waals surface area contributed by atoms with Crippen LogP contribution in [-0.4, -0.2) is 56.0 Å². The Hall–Kier alpha value is -0.230. The normalized spacial score (nSPS) is 11.4. The van der Waals surface area contributed by atoms with Crippen LogP contribution in [0.5, 0.6) is 0 Å². The molecule has 102 valence electrons. The monoisotopic (exact) mass is 262 g/mol. The molecule has 0 fully saturated rings. The molecule has 2 N–H and O–H groups in total. The molecule has 0 spiro atoms. The molecule has 0 atom stereocenters. The van der Waals surface area contributed by atoms with Crippen LogP contribution in [0.2, 0.25) is 0 Å². The molecule has 0 aliphatic heterocycles. The van der Waals surface area contributed by atoms with E-state index >= 15 is 0 Å². The molecule has 0 aromatic heterocycles. The minimum Gasteiger partial charge on any atom is -0.393 e. The van der Waals surface area contributed by atoms with Gasteiger partial charge in [-0.05, 0) is 20.3 Å². The summed E-state index contributed by atoms with van der Waals surface area (Å²) in [5.74, 6) is 0. The Labute approximate surface area is 110 Å². The number of rotatable bonds is 11. The van der Waals surface area contributed by atoms with E-state index in [1.165, 1.54) is 0 Å². The summed E-state index contributed by atoms with van der Waals surface area (Å²) in [6, 6.07) is 0.517. The molecule has 0 aromatic rings. The molecule has 0 aromatic carbocycles. The molecule has 5 heteroatoms. The van der Waals surface area contributed by atoms with Crippen molar-refractivity contribution >= 4 is 17.2 Å². The van der Waals surface area contributed by atoms with Crippen LogP contribution in [0.15, 0.2) is 0 Å². The van der Waals surface area contributed by atoms with Crippen molar-refractivity contribution in [2.75, 3.05) is 40.0 Å². The minimum atomic E-state index is 0.517. The highest BCUT2D eigenvalue weighted by atomic mass is 32.1. The summed E-state index contributed by atoms with van der Waals surface area (Å²) in [5.41, 5.74) is 5.52. The predicted octanol–water partition coefficient (Wildman–Crippen LogP) is 1.43. The van der Waals surface area contributed by atoms with E-state index in [-0.39, 0.29) is 0 Å². The van der Waals surface area contributed by atoms with Gasteiger partial charge in [0.2, 0.25) is 0 Å². The maximum absolute atomic E-state index is 5.52. The van der Waals surface area contributed by atoms with Crippen molar-refractivity contribution < 1.29 is 9.47 Å². The van der Waals surface area contributed by atoms with E-state index in [1.54, 1.807) is 7.11 Å². The third-order valence-corrected chi connectivity index (χ3v) is 2.75. The van der Waals surface area contributed by atoms with Crippen LogP contribution in [0.4, 0.5) is 0 Å². The van der Waals surface area contributed by atoms with Crippen LogP contribution in [0.3, 0.4) is 0 Å². The first-order valence-electron chi connectivity index (χ1n) is 6.17. The minimum absolute atomic E-state index is 0.517. The molecule has 0 heterocycles. The fourth-order valence-corrected chi connectivity index (χ4v) is 1.59. The van der Waals surface area contributed by atoms with Crippen LogP contribution in [0.25, 0.3) is 0 Å². The highest BCUT2D eigenvalue weighted by molar-refractivity contribution is 7.80. The number of ether oxygens (including phenoxy) is 2. The van der Waals surface area contributed by atoms with Gasteiger partial charge in [-0.1, -0.05) is 12.2 Å². The average molecular weight is 262 g/mol. The number of thiocarbonyl (C=S) groups is 1. The smallest absolute Gasteiger partial charge is 0.0740 e. The van der Waals surface area contributed by atoms with Crippen LogP contribution in [0.1, 0.15) is 26.7 Å². The molecular weight excluding hydrogens is 236 g/mol. The maximum atomic E-state index is 5.52.